The Kier molecular flexibility index (Phi) is 7.03. The summed E-state index contributed by atoms with van der Waals surface area (Å²) in [7, 11) is -3.75. The first-order valence-corrected chi connectivity index (χ1v) is 11.4. The van der Waals surface area contributed by atoms with Gasteiger partial charge in [0.05, 0.1) is 10.8 Å². The molecule has 1 aliphatic heterocycles. The quantitative estimate of drug-likeness (QED) is 0.689. The number of carbonyl (C=O) groups excluding carboxylic acids is 1. The first kappa shape index (κ1) is 21.5. The highest BCUT2D eigenvalue weighted by Gasteiger charge is 2.35. The molecule has 1 fully saturated rings. The minimum Gasteiger partial charge on any atom is -0.338 e. The maximum atomic E-state index is 13.2. The van der Waals surface area contributed by atoms with Crippen LogP contribution in [0.1, 0.15) is 31.7 Å². The number of rotatable bonds is 7. The average molecular weight is 419 g/mol. The zero-order valence-corrected chi connectivity index (χ0v) is 17.4. The van der Waals surface area contributed by atoms with Crippen molar-refractivity contribution in [3.05, 3.63) is 66.0 Å². The van der Waals surface area contributed by atoms with E-state index >= 15 is 0 Å². The SMILES string of the molecule is CCCN(Cc1ccccc1)C(=O)C1CCCN(S(=O)(=O)c2ccc(F)cc2)C1. The van der Waals surface area contributed by atoms with Gasteiger partial charge in [0.1, 0.15) is 5.82 Å². The van der Waals surface area contributed by atoms with E-state index in [1.54, 1.807) is 0 Å². The highest BCUT2D eigenvalue weighted by molar-refractivity contribution is 7.89. The zero-order valence-electron chi connectivity index (χ0n) is 16.6. The minimum absolute atomic E-state index is 0.00490. The van der Waals surface area contributed by atoms with Gasteiger partial charge in [-0.1, -0.05) is 37.3 Å². The highest BCUT2D eigenvalue weighted by atomic mass is 32.2. The van der Waals surface area contributed by atoms with Gasteiger partial charge in [-0.25, -0.2) is 12.8 Å². The standard InChI is InChI=1S/C22H27FN2O3S/c1-2-14-24(16-18-7-4-3-5-8-18)22(26)19-9-6-15-25(17-19)29(27,28)21-12-10-20(23)11-13-21/h3-5,7-8,10-13,19H,2,6,9,14-17H2,1H3. The van der Waals surface area contributed by atoms with Gasteiger partial charge in [-0.2, -0.15) is 4.31 Å². The Morgan fingerprint density at radius 3 is 2.48 bits per heavy atom. The smallest absolute Gasteiger partial charge is 0.243 e. The van der Waals surface area contributed by atoms with E-state index in [0.717, 1.165) is 24.1 Å². The molecule has 1 aliphatic rings. The van der Waals surface area contributed by atoms with Crippen LogP contribution >= 0.6 is 0 Å². The maximum Gasteiger partial charge on any atom is 0.243 e. The van der Waals surface area contributed by atoms with E-state index in [4.69, 9.17) is 0 Å². The lowest BCUT2D eigenvalue weighted by atomic mass is 9.97. The Labute approximate surface area is 172 Å². The summed E-state index contributed by atoms with van der Waals surface area (Å²) < 4.78 is 40.4. The second-order valence-electron chi connectivity index (χ2n) is 7.40. The average Bonchev–Trinajstić information content (AvgIpc) is 2.74. The number of sulfonamides is 1. The molecule has 156 valence electrons. The van der Waals surface area contributed by atoms with Crippen molar-refractivity contribution >= 4 is 15.9 Å². The monoisotopic (exact) mass is 418 g/mol. The number of piperidine rings is 1. The summed E-state index contributed by atoms with van der Waals surface area (Å²) in [4.78, 5) is 15.1. The Bertz CT molecular complexity index is 917. The van der Waals surface area contributed by atoms with Gasteiger partial charge in [0.15, 0.2) is 0 Å². The van der Waals surface area contributed by atoms with Crippen molar-refractivity contribution < 1.29 is 17.6 Å². The van der Waals surface area contributed by atoms with E-state index in [0.29, 0.717) is 32.5 Å². The largest absolute Gasteiger partial charge is 0.338 e. The second kappa shape index (κ2) is 9.50. The number of nitrogens with zero attached hydrogens (tertiary/aromatic N) is 2. The van der Waals surface area contributed by atoms with Crippen LogP contribution in [0.2, 0.25) is 0 Å². The van der Waals surface area contributed by atoms with Crippen LogP contribution in [0.5, 0.6) is 0 Å². The van der Waals surface area contributed by atoms with Crippen LogP contribution in [0, 0.1) is 11.7 Å². The number of amides is 1. The zero-order chi connectivity index (χ0) is 20.9. The lowest BCUT2D eigenvalue weighted by Gasteiger charge is -2.34. The van der Waals surface area contributed by atoms with E-state index in [1.165, 1.54) is 16.4 Å². The Morgan fingerprint density at radius 2 is 1.83 bits per heavy atom. The molecule has 7 heteroatoms. The summed E-state index contributed by atoms with van der Waals surface area (Å²) in [5.74, 6) is -0.851. The van der Waals surface area contributed by atoms with Crippen molar-refractivity contribution in [2.45, 2.75) is 37.6 Å². The Balaban J connectivity index is 1.74. The van der Waals surface area contributed by atoms with Crippen molar-refractivity contribution in [2.24, 2.45) is 5.92 Å². The summed E-state index contributed by atoms with van der Waals surface area (Å²) in [6.45, 7) is 3.71. The summed E-state index contributed by atoms with van der Waals surface area (Å²) in [5, 5.41) is 0. The molecule has 1 atom stereocenters. The molecule has 0 radical (unpaired) electrons. The number of halogens is 1. The van der Waals surface area contributed by atoms with Crippen LogP contribution < -0.4 is 0 Å². The molecule has 0 aliphatic carbocycles. The minimum atomic E-state index is -3.75. The summed E-state index contributed by atoms with van der Waals surface area (Å²) in [5.41, 5.74) is 1.06. The molecular formula is C22H27FN2O3S. The van der Waals surface area contributed by atoms with Gasteiger partial charge in [0, 0.05) is 26.2 Å². The van der Waals surface area contributed by atoms with Crippen molar-refractivity contribution in [3.8, 4) is 0 Å². The molecule has 1 heterocycles. The van der Waals surface area contributed by atoms with E-state index in [9.17, 15) is 17.6 Å². The maximum absolute atomic E-state index is 13.2. The van der Waals surface area contributed by atoms with Crippen LogP contribution in [0.15, 0.2) is 59.5 Å². The lowest BCUT2D eigenvalue weighted by Crippen LogP contribution is -2.46. The van der Waals surface area contributed by atoms with Crippen molar-refractivity contribution in [1.82, 2.24) is 9.21 Å². The van der Waals surface area contributed by atoms with Crippen molar-refractivity contribution in [3.63, 3.8) is 0 Å². The molecule has 1 unspecified atom stereocenters. The van der Waals surface area contributed by atoms with Gasteiger partial charge in [-0.15, -0.1) is 0 Å². The fourth-order valence-electron chi connectivity index (χ4n) is 3.72. The number of hydrogen-bond donors (Lipinski definition) is 0. The second-order valence-corrected chi connectivity index (χ2v) is 9.34. The van der Waals surface area contributed by atoms with Gasteiger partial charge >= 0.3 is 0 Å². The van der Waals surface area contributed by atoms with Gasteiger partial charge in [0.25, 0.3) is 0 Å². The van der Waals surface area contributed by atoms with Crippen molar-refractivity contribution in [2.75, 3.05) is 19.6 Å². The Morgan fingerprint density at radius 1 is 1.14 bits per heavy atom. The molecule has 29 heavy (non-hydrogen) atoms. The fourth-order valence-corrected chi connectivity index (χ4v) is 5.24. The highest BCUT2D eigenvalue weighted by Crippen LogP contribution is 2.26. The van der Waals surface area contributed by atoms with Gasteiger partial charge in [0.2, 0.25) is 15.9 Å². The molecule has 0 spiro atoms. The fraction of sp³-hybridized carbons (Fsp3) is 0.409. The van der Waals surface area contributed by atoms with E-state index in [1.807, 2.05) is 42.2 Å². The lowest BCUT2D eigenvalue weighted by molar-refractivity contribution is -0.137. The molecule has 0 bridgehead atoms. The molecule has 0 saturated carbocycles. The third kappa shape index (κ3) is 5.22. The van der Waals surface area contributed by atoms with Crippen LogP contribution in [-0.2, 0) is 21.4 Å². The predicted molar refractivity (Wildman–Crippen MR) is 110 cm³/mol. The molecule has 0 N–H and O–H groups in total. The normalized spacial score (nSPS) is 17.8. The topological polar surface area (TPSA) is 57.7 Å². The van der Waals surface area contributed by atoms with Crippen LogP contribution in [-0.4, -0.2) is 43.2 Å². The number of benzene rings is 2. The van der Waals surface area contributed by atoms with Crippen molar-refractivity contribution in [1.29, 1.82) is 0 Å². The number of hydrogen-bond acceptors (Lipinski definition) is 3. The van der Waals surface area contributed by atoms with E-state index < -0.39 is 15.8 Å². The predicted octanol–water partition coefficient (Wildman–Crippen LogP) is 3.67. The first-order chi connectivity index (χ1) is 13.9. The number of carbonyl (C=O) groups is 1. The molecule has 2 aromatic carbocycles. The molecular weight excluding hydrogens is 391 g/mol. The van der Waals surface area contributed by atoms with E-state index in [-0.39, 0.29) is 23.3 Å². The molecule has 5 nitrogen and oxygen atoms in total. The van der Waals surface area contributed by atoms with Gasteiger partial charge in [-0.05, 0) is 49.1 Å². The molecule has 3 rings (SSSR count). The molecule has 2 aromatic rings. The summed E-state index contributed by atoms with van der Waals surface area (Å²) in [6, 6.07) is 14.6. The molecule has 1 saturated heterocycles. The van der Waals surface area contributed by atoms with Gasteiger partial charge in [-0.3, -0.25) is 4.79 Å². The van der Waals surface area contributed by atoms with Crippen LogP contribution in [0.3, 0.4) is 0 Å². The Hall–Kier alpha value is -2.25. The molecule has 1 amide bonds. The summed E-state index contributed by atoms with van der Waals surface area (Å²) in [6.07, 6.45) is 2.13. The third-order valence-electron chi connectivity index (χ3n) is 5.21. The third-order valence-corrected chi connectivity index (χ3v) is 7.09. The molecule has 0 aromatic heterocycles. The van der Waals surface area contributed by atoms with Gasteiger partial charge < -0.3 is 4.90 Å². The first-order valence-electron chi connectivity index (χ1n) is 10.00. The van der Waals surface area contributed by atoms with Crippen LogP contribution in [0.25, 0.3) is 0 Å². The summed E-state index contributed by atoms with van der Waals surface area (Å²) >= 11 is 0. The van der Waals surface area contributed by atoms with E-state index in [2.05, 4.69) is 0 Å². The van der Waals surface area contributed by atoms with Crippen LogP contribution in [0.4, 0.5) is 4.39 Å².